The van der Waals surface area contributed by atoms with E-state index in [1.165, 1.54) is 49.7 Å². The van der Waals surface area contributed by atoms with E-state index in [2.05, 4.69) is 116 Å². The third kappa shape index (κ3) is 3.94. The van der Waals surface area contributed by atoms with Crippen LogP contribution in [0.4, 0.5) is 0 Å². The number of benzene rings is 3. The van der Waals surface area contributed by atoms with Gasteiger partial charge in [-0.1, -0.05) is 84.0 Å². The summed E-state index contributed by atoms with van der Waals surface area (Å²) >= 11 is 0. The number of hydrogen-bond acceptors (Lipinski definition) is 2. The van der Waals surface area contributed by atoms with Crippen LogP contribution in [-0.4, -0.2) is 4.98 Å². The first-order valence-electron chi connectivity index (χ1n) is 14.7. The molecule has 2 aromatic heterocycles. The molecule has 0 unspecified atom stereocenters. The summed E-state index contributed by atoms with van der Waals surface area (Å²) in [4.78, 5) is 4.96. The third-order valence-corrected chi connectivity index (χ3v) is 8.77. The fourth-order valence-corrected chi connectivity index (χ4v) is 7.50. The van der Waals surface area contributed by atoms with Gasteiger partial charge in [0.15, 0.2) is 0 Å². The van der Waals surface area contributed by atoms with Crippen molar-refractivity contribution in [1.82, 2.24) is 4.98 Å². The standard InChI is InChI=1S/C37H41NO/c1-21(2)18-37(19-22(3)4)31-12-10-9-11-26(31)27-15-16-29-28-14-13-24(7)33(35(28)39-36(29)34(27)37)32-17-25(8)30(20-38-32)23(5)6/h9-17,20-23H,18-19H2,1-8H3. The third-order valence-electron chi connectivity index (χ3n) is 8.77. The maximum Gasteiger partial charge on any atom is 0.145 e. The van der Waals surface area contributed by atoms with Crippen molar-refractivity contribution in [3.63, 3.8) is 0 Å². The molecule has 0 saturated heterocycles. The molecule has 2 heterocycles. The Morgan fingerprint density at radius 1 is 0.744 bits per heavy atom. The van der Waals surface area contributed by atoms with E-state index in [0.717, 1.165) is 35.3 Å². The molecular formula is C37H41NO. The lowest BCUT2D eigenvalue weighted by Gasteiger charge is -2.35. The fraction of sp³-hybridized carbons (Fsp3) is 0.378. The van der Waals surface area contributed by atoms with Crippen molar-refractivity contribution in [3.05, 3.63) is 88.6 Å². The quantitative estimate of drug-likeness (QED) is 0.225. The second kappa shape index (κ2) is 9.37. The predicted octanol–water partition coefficient (Wildman–Crippen LogP) is 10.7. The summed E-state index contributed by atoms with van der Waals surface area (Å²) in [6, 6.07) is 20.4. The van der Waals surface area contributed by atoms with Gasteiger partial charge in [0.1, 0.15) is 11.2 Å². The Balaban J connectivity index is 1.69. The van der Waals surface area contributed by atoms with Crippen LogP contribution < -0.4 is 0 Å². The van der Waals surface area contributed by atoms with E-state index in [4.69, 9.17) is 9.40 Å². The second-order valence-corrected chi connectivity index (χ2v) is 13.0. The number of hydrogen-bond donors (Lipinski definition) is 0. The molecule has 0 aliphatic heterocycles. The Morgan fingerprint density at radius 3 is 2.08 bits per heavy atom. The summed E-state index contributed by atoms with van der Waals surface area (Å²) in [6.45, 7) is 18.3. The van der Waals surface area contributed by atoms with Crippen molar-refractivity contribution in [2.75, 3.05) is 0 Å². The molecule has 39 heavy (non-hydrogen) atoms. The average molecular weight is 516 g/mol. The summed E-state index contributed by atoms with van der Waals surface area (Å²) in [5.74, 6) is 1.58. The first-order valence-corrected chi connectivity index (χ1v) is 14.7. The molecule has 0 bridgehead atoms. The van der Waals surface area contributed by atoms with Gasteiger partial charge in [-0.05, 0) is 90.0 Å². The Morgan fingerprint density at radius 2 is 1.41 bits per heavy atom. The maximum atomic E-state index is 7.09. The molecule has 2 heteroatoms. The van der Waals surface area contributed by atoms with Crippen LogP contribution in [0.2, 0.25) is 0 Å². The Kier molecular flexibility index (Phi) is 6.21. The van der Waals surface area contributed by atoms with Crippen LogP contribution in [0.3, 0.4) is 0 Å². The van der Waals surface area contributed by atoms with Gasteiger partial charge < -0.3 is 4.42 Å². The van der Waals surface area contributed by atoms with Crippen molar-refractivity contribution >= 4 is 21.9 Å². The van der Waals surface area contributed by atoms with Crippen LogP contribution in [0.5, 0.6) is 0 Å². The number of rotatable bonds is 6. The van der Waals surface area contributed by atoms with Crippen molar-refractivity contribution in [3.8, 4) is 22.4 Å². The topological polar surface area (TPSA) is 26.0 Å². The number of fused-ring (bicyclic) bond motifs is 7. The number of furan rings is 1. The lowest BCUT2D eigenvalue weighted by molar-refractivity contribution is 0.337. The Hall–Kier alpha value is -3.39. The molecule has 0 amide bonds. The van der Waals surface area contributed by atoms with Crippen LogP contribution in [0.1, 0.15) is 88.1 Å². The smallest absolute Gasteiger partial charge is 0.145 e. The van der Waals surface area contributed by atoms with E-state index in [0.29, 0.717) is 17.8 Å². The summed E-state index contributed by atoms with van der Waals surface area (Å²) in [5, 5.41) is 2.39. The van der Waals surface area contributed by atoms with Gasteiger partial charge in [-0.25, -0.2) is 0 Å². The minimum absolute atomic E-state index is 0.0649. The highest BCUT2D eigenvalue weighted by molar-refractivity contribution is 6.13. The lowest BCUT2D eigenvalue weighted by Crippen LogP contribution is -2.29. The Bertz CT molecular complexity index is 1710. The minimum atomic E-state index is -0.0649. The number of nitrogens with zero attached hydrogens (tertiary/aromatic N) is 1. The second-order valence-electron chi connectivity index (χ2n) is 13.0. The molecule has 5 aromatic rings. The normalized spacial score (nSPS) is 14.2. The average Bonchev–Trinajstić information content (AvgIpc) is 3.36. The first-order chi connectivity index (χ1) is 18.6. The summed E-state index contributed by atoms with van der Waals surface area (Å²) in [7, 11) is 0. The highest BCUT2D eigenvalue weighted by Crippen LogP contribution is 2.58. The van der Waals surface area contributed by atoms with Gasteiger partial charge in [-0.3, -0.25) is 4.98 Å². The van der Waals surface area contributed by atoms with Gasteiger partial charge >= 0.3 is 0 Å². The molecule has 0 radical (unpaired) electrons. The summed E-state index contributed by atoms with van der Waals surface area (Å²) in [6.07, 6.45) is 4.27. The molecule has 0 fully saturated rings. The molecule has 0 saturated carbocycles. The van der Waals surface area contributed by atoms with Gasteiger partial charge in [0.05, 0.1) is 5.69 Å². The summed E-state index contributed by atoms with van der Waals surface area (Å²) < 4.78 is 7.09. The van der Waals surface area contributed by atoms with Gasteiger partial charge in [0.25, 0.3) is 0 Å². The Labute approximate surface area is 233 Å². The fourth-order valence-electron chi connectivity index (χ4n) is 7.50. The van der Waals surface area contributed by atoms with Gasteiger partial charge in [0.2, 0.25) is 0 Å². The van der Waals surface area contributed by atoms with Crippen molar-refractivity contribution in [2.24, 2.45) is 11.8 Å². The first kappa shape index (κ1) is 25.9. The molecule has 0 spiro atoms. The number of pyridine rings is 1. The van der Waals surface area contributed by atoms with E-state index in [9.17, 15) is 0 Å². The van der Waals surface area contributed by atoms with E-state index in [1.807, 2.05) is 0 Å². The van der Waals surface area contributed by atoms with Gasteiger partial charge in [-0.15, -0.1) is 0 Å². The molecule has 2 nitrogen and oxygen atoms in total. The van der Waals surface area contributed by atoms with Gasteiger partial charge in [-0.2, -0.15) is 0 Å². The molecule has 1 aliphatic rings. The van der Waals surface area contributed by atoms with Crippen LogP contribution >= 0.6 is 0 Å². The highest BCUT2D eigenvalue weighted by Gasteiger charge is 2.46. The molecular weight excluding hydrogens is 474 g/mol. The van der Waals surface area contributed by atoms with E-state index < -0.39 is 0 Å². The van der Waals surface area contributed by atoms with Crippen LogP contribution in [0.25, 0.3) is 44.3 Å². The molecule has 0 atom stereocenters. The largest absolute Gasteiger partial charge is 0.455 e. The van der Waals surface area contributed by atoms with E-state index in [-0.39, 0.29) is 5.41 Å². The van der Waals surface area contributed by atoms with Gasteiger partial charge in [0, 0.05) is 33.5 Å². The lowest BCUT2D eigenvalue weighted by atomic mass is 9.67. The SMILES string of the molecule is Cc1cc(-c2c(C)ccc3c2oc2c4c(ccc23)-c2ccccc2C4(CC(C)C)CC(C)C)ncc1C(C)C. The predicted molar refractivity (Wildman–Crippen MR) is 166 cm³/mol. The zero-order chi connectivity index (χ0) is 27.6. The molecule has 1 aliphatic carbocycles. The maximum absolute atomic E-state index is 7.09. The molecule has 3 aromatic carbocycles. The van der Waals surface area contributed by atoms with Crippen molar-refractivity contribution in [1.29, 1.82) is 0 Å². The molecule has 6 rings (SSSR count). The minimum Gasteiger partial charge on any atom is -0.455 e. The highest BCUT2D eigenvalue weighted by atomic mass is 16.3. The van der Waals surface area contributed by atoms with Crippen molar-refractivity contribution < 1.29 is 4.42 Å². The van der Waals surface area contributed by atoms with Crippen LogP contribution in [0.15, 0.2) is 65.2 Å². The number of aromatic nitrogens is 1. The zero-order valence-electron chi connectivity index (χ0n) is 24.8. The molecule has 0 N–H and O–H groups in total. The van der Waals surface area contributed by atoms with Crippen LogP contribution in [0, 0.1) is 25.7 Å². The summed E-state index contributed by atoms with van der Waals surface area (Å²) in [5.41, 5.74) is 13.4. The number of aryl methyl sites for hydroxylation is 2. The zero-order valence-corrected chi connectivity index (χ0v) is 24.8. The van der Waals surface area contributed by atoms with Crippen LogP contribution in [-0.2, 0) is 5.41 Å². The molecule has 200 valence electrons. The van der Waals surface area contributed by atoms with Crippen molar-refractivity contribution in [2.45, 2.75) is 79.6 Å². The monoisotopic (exact) mass is 515 g/mol. The van der Waals surface area contributed by atoms with E-state index >= 15 is 0 Å². The van der Waals surface area contributed by atoms with E-state index in [1.54, 1.807) is 0 Å².